The van der Waals surface area contributed by atoms with Gasteiger partial charge in [0.2, 0.25) is 0 Å². The van der Waals surface area contributed by atoms with E-state index in [2.05, 4.69) is 31.6 Å². The smallest absolute Gasteiger partial charge is 0.333 e. The van der Waals surface area contributed by atoms with Gasteiger partial charge in [-0.15, -0.1) is 9.90 Å². The minimum absolute atomic E-state index is 0.0302. The second-order valence-corrected chi connectivity index (χ2v) is 5.43. The molecule has 0 aliphatic carbocycles. The zero-order chi connectivity index (χ0) is 16.8. The maximum atomic E-state index is 12.0. The van der Waals surface area contributed by atoms with Crippen molar-refractivity contribution < 1.29 is 14.3 Å². The number of ether oxygens (including phenoxy) is 1. The van der Waals surface area contributed by atoms with E-state index >= 15 is 0 Å². The van der Waals surface area contributed by atoms with E-state index in [1.165, 1.54) is 4.80 Å². The van der Waals surface area contributed by atoms with Crippen molar-refractivity contribution in [2.45, 2.75) is 32.9 Å². The lowest BCUT2D eigenvalue weighted by Gasteiger charge is -2.24. The third-order valence-corrected chi connectivity index (χ3v) is 3.16. The topological polar surface area (TPSA) is 126 Å². The van der Waals surface area contributed by atoms with Crippen LogP contribution < -0.4 is 21.1 Å². The largest absolute Gasteiger partial charge is 0.378 e. The highest BCUT2D eigenvalue weighted by molar-refractivity contribution is 5.83. The van der Waals surface area contributed by atoms with Gasteiger partial charge < -0.3 is 15.0 Å². The summed E-state index contributed by atoms with van der Waals surface area (Å²) in [6.07, 6.45) is 0. The van der Waals surface area contributed by atoms with Crippen LogP contribution in [0.5, 0.6) is 0 Å². The summed E-state index contributed by atoms with van der Waals surface area (Å²) in [5.74, 6) is 0.00768. The Kier molecular flexibility index (Phi) is 5.68. The first kappa shape index (κ1) is 16.9. The van der Waals surface area contributed by atoms with Crippen molar-refractivity contribution in [2.75, 3.05) is 31.2 Å². The summed E-state index contributed by atoms with van der Waals surface area (Å²) in [7, 11) is 0. The number of nitrogens with zero attached hydrogens (tertiary/aromatic N) is 5. The molecule has 23 heavy (non-hydrogen) atoms. The third-order valence-electron chi connectivity index (χ3n) is 3.16. The lowest BCUT2D eigenvalue weighted by atomic mass is 10.3. The van der Waals surface area contributed by atoms with Gasteiger partial charge in [0.15, 0.2) is 6.04 Å². The number of urea groups is 1. The molecule has 11 nitrogen and oxygen atoms in total. The number of aromatic nitrogens is 4. The molecule has 1 saturated heterocycles. The van der Waals surface area contributed by atoms with E-state index in [9.17, 15) is 9.59 Å². The van der Waals surface area contributed by atoms with Gasteiger partial charge >= 0.3 is 6.03 Å². The first-order valence-electron chi connectivity index (χ1n) is 7.46. The molecule has 0 spiro atoms. The van der Waals surface area contributed by atoms with Crippen LogP contribution in [-0.4, -0.2) is 64.5 Å². The quantitative estimate of drug-likeness (QED) is 0.594. The number of carbonyl (C=O) groups excluding carboxylic acids is 2. The maximum absolute atomic E-state index is 12.0. The zero-order valence-corrected chi connectivity index (χ0v) is 13.4. The molecule has 1 fully saturated rings. The molecule has 3 amide bonds. The summed E-state index contributed by atoms with van der Waals surface area (Å²) in [4.78, 5) is 26.6. The number of morpholine rings is 1. The number of tetrazole rings is 1. The van der Waals surface area contributed by atoms with E-state index in [0.29, 0.717) is 32.3 Å². The molecule has 0 bridgehead atoms. The van der Waals surface area contributed by atoms with Crippen LogP contribution in [0.2, 0.25) is 0 Å². The Labute approximate surface area is 133 Å². The van der Waals surface area contributed by atoms with Crippen LogP contribution in [0.3, 0.4) is 0 Å². The molecule has 0 saturated carbocycles. The van der Waals surface area contributed by atoms with Crippen LogP contribution in [0.4, 0.5) is 10.7 Å². The van der Waals surface area contributed by atoms with E-state index in [4.69, 9.17) is 4.74 Å². The summed E-state index contributed by atoms with van der Waals surface area (Å²) >= 11 is 0. The summed E-state index contributed by atoms with van der Waals surface area (Å²) in [5, 5.41) is 14.6. The van der Waals surface area contributed by atoms with Crippen LogP contribution in [0.15, 0.2) is 0 Å². The predicted octanol–water partition coefficient (Wildman–Crippen LogP) is -1.19. The molecule has 0 unspecified atom stereocenters. The van der Waals surface area contributed by atoms with E-state index in [1.807, 2.05) is 18.7 Å². The summed E-state index contributed by atoms with van der Waals surface area (Å²) in [6, 6.07) is -1.23. The molecule has 1 aliphatic rings. The number of anilines is 1. The van der Waals surface area contributed by atoms with Gasteiger partial charge in [0, 0.05) is 19.1 Å². The van der Waals surface area contributed by atoms with Gasteiger partial charge in [0.1, 0.15) is 0 Å². The van der Waals surface area contributed by atoms with Gasteiger partial charge in [-0.3, -0.25) is 10.2 Å². The van der Waals surface area contributed by atoms with Crippen molar-refractivity contribution in [1.29, 1.82) is 0 Å². The van der Waals surface area contributed by atoms with E-state index < -0.39 is 18.0 Å². The minimum Gasteiger partial charge on any atom is -0.378 e. The second kappa shape index (κ2) is 7.72. The Bertz CT molecular complexity index is 540. The number of rotatable bonds is 4. The van der Waals surface area contributed by atoms with Gasteiger partial charge in [0.05, 0.1) is 13.2 Å². The molecule has 0 aromatic carbocycles. The van der Waals surface area contributed by atoms with Crippen molar-refractivity contribution in [3.8, 4) is 0 Å². The van der Waals surface area contributed by atoms with Crippen LogP contribution in [0, 0.1) is 0 Å². The number of hydrogen-bond donors (Lipinski definition) is 3. The zero-order valence-electron chi connectivity index (χ0n) is 13.4. The van der Waals surface area contributed by atoms with Crippen LogP contribution >= 0.6 is 0 Å². The third kappa shape index (κ3) is 4.77. The van der Waals surface area contributed by atoms with Crippen LogP contribution in [0.1, 0.15) is 26.8 Å². The highest BCUT2D eigenvalue weighted by Crippen LogP contribution is 2.09. The van der Waals surface area contributed by atoms with Gasteiger partial charge in [-0.05, 0) is 26.0 Å². The molecular weight excluding hydrogens is 304 g/mol. The fourth-order valence-corrected chi connectivity index (χ4v) is 1.90. The molecule has 11 heteroatoms. The monoisotopic (exact) mass is 326 g/mol. The van der Waals surface area contributed by atoms with Crippen molar-refractivity contribution in [3.63, 3.8) is 0 Å². The molecule has 3 N–H and O–H groups in total. The van der Waals surface area contributed by atoms with Crippen molar-refractivity contribution in [1.82, 2.24) is 36.4 Å². The maximum Gasteiger partial charge on any atom is 0.333 e. The van der Waals surface area contributed by atoms with Crippen molar-refractivity contribution in [2.24, 2.45) is 0 Å². The molecule has 128 valence electrons. The first-order chi connectivity index (χ1) is 11.0. The number of amides is 3. The van der Waals surface area contributed by atoms with Gasteiger partial charge in [-0.2, -0.15) is 0 Å². The summed E-state index contributed by atoms with van der Waals surface area (Å²) in [6.45, 7) is 7.83. The molecule has 1 atom stereocenters. The predicted molar refractivity (Wildman–Crippen MR) is 80.5 cm³/mol. The standard InChI is InChI=1S/C12H22N8O3/c1-8(2)13-12(22)16-14-10(21)9(3)20-17-11(15-18-20)19-4-6-23-7-5-19/h8-9H,4-7H2,1-3H3,(H,14,21)(H2,13,16,22)/t9-/m0/s1. The normalized spacial score (nSPS) is 16.1. The SMILES string of the molecule is CC(C)NC(=O)NNC(=O)[C@H](C)n1nnc(N2CCOCC2)n1. The molecular formula is C12H22N8O3. The Morgan fingerprint density at radius 1 is 1.17 bits per heavy atom. The summed E-state index contributed by atoms with van der Waals surface area (Å²) < 4.78 is 5.26. The highest BCUT2D eigenvalue weighted by atomic mass is 16.5. The lowest BCUT2D eigenvalue weighted by Crippen LogP contribution is -2.50. The van der Waals surface area contributed by atoms with E-state index in [-0.39, 0.29) is 6.04 Å². The Morgan fingerprint density at radius 3 is 2.52 bits per heavy atom. The average molecular weight is 326 g/mol. The van der Waals surface area contributed by atoms with Gasteiger partial charge in [-0.1, -0.05) is 5.10 Å². The number of carbonyl (C=O) groups is 2. The highest BCUT2D eigenvalue weighted by Gasteiger charge is 2.21. The van der Waals surface area contributed by atoms with Crippen LogP contribution in [0.25, 0.3) is 0 Å². The molecule has 2 rings (SSSR count). The Hall–Kier alpha value is -2.43. The minimum atomic E-state index is -0.711. The van der Waals surface area contributed by atoms with E-state index in [1.54, 1.807) is 6.92 Å². The molecule has 2 heterocycles. The number of hydrogen-bond acceptors (Lipinski definition) is 7. The van der Waals surface area contributed by atoms with Crippen molar-refractivity contribution in [3.05, 3.63) is 0 Å². The summed E-state index contributed by atoms with van der Waals surface area (Å²) in [5.41, 5.74) is 4.58. The van der Waals surface area contributed by atoms with Gasteiger partial charge in [0.25, 0.3) is 11.9 Å². The van der Waals surface area contributed by atoms with E-state index in [0.717, 1.165) is 0 Å². The van der Waals surface area contributed by atoms with Crippen LogP contribution in [-0.2, 0) is 9.53 Å². The molecule has 0 radical (unpaired) electrons. The Morgan fingerprint density at radius 2 is 1.87 bits per heavy atom. The lowest BCUT2D eigenvalue weighted by molar-refractivity contribution is -0.125. The van der Waals surface area contributed by atoms with Gasteiger partial charge in [-0.25, -0.2) is 10.2 Å². The Balaban J connectivity index is 1.87. The molecule has 1 aromatic heterocycles. The average Bonchev–Trinajstić information content (AvgIpc) is 3.02. The molecule has 1 aromatic rings. The fraction of sp³-hybridized carbons (Fsp3) is 0.750. The van der Waals surface area contributed by atoms with Crippen molar-refractivity contribution >= 4 is 17.9 Å². The fourth-order valence-electron chi connectivity index (χ4n) is 1.90. The number of hydrazine groups is 1. The molecule has 1 aliphatic heterocycles. The number of nitrogens with one attached hydrogen (secondary N) is 3. The second-order valence-electron chi connectivity index (χ2n) is 5.43. The first-order valence-corrected chi connectivity index (χ1v) is 7.46.